The van der Waals surface area contributed by atoms with Gasteiger partial charge >= 0.3 is 6.09 Å². The van der Waals surface area contributed by atoms with Gasteiger partial charge in [-0.3, -0.25) is 14.4 Å². The predicted octanol–water partition coefficient (Wildman–Crippen LogP) is 4.77. The molecule has 224 valence electrons. The molecule has 0 spiro atoms. The Balaban J connectivity index is 2.58. The van der Waals surface area contributed by atoms with Crippen molar-refractivity contribution in [1.29, 1.82) is 0 Å². The lowest BCUT2D eigenvalue weighted by atomic mass is 9.94. The SMILES string of the molecule is Cc1ccccc1C(C(=O)NCc1ccccc1)N(C(=O)C(CC(N)=O)NC(=O)OC(C)(C)C)C(C)CCC(C)C. The number of benzene rings is 2. The number of amides is 4. The largest absolute Gasteiger partial charge is 0.444 e. The summed E-state index contributed by atoms with van der Waals surface area (Å²) in [5, 5.41) is 5.53. The fourth-order valence-corrected chi connectivity index (χ4v) is 4.54. The van der Waals surface area contributed by atoms with E-state index in [4.69, 9.17) is 10.5 Å². The van der Waals surface area contributed by atoms with Gasteiger partial charge in [-0.1, -0.05) is 68.4 Å². The minimum atomic E-state index is -1.32. The number of ether oxygens (including phenoxy) is 1. The van der Waals surface area contributed by atoms with E-state index in [0.717, 1.165) is 17.5 Å². The Morgan fingerprint density at radius 1 is 0.927 bits per heavy atom. The van der Waals surface area contributed by atoms with Crippen LogP contribution in [0.2, 0.25) is 0 Å². The van der Waals surface area contributed by atoms with E-state index in [1.807, 2.05) is 68.4 Å². The summed E-state index contributed by atoms with van der Waals surface area (Å²) in [4.78, 5) is 54.6. The summed E-state index contributed by atoms with van der Waals surface area (Å²) in [5.74, 6) is -1.37. The summed E-state index contributed by atoms with van der Waals surface area (Å²) in [6, 6.07) is 14.1. The Morgan fingerprint density at radius 3 is 2.10 bits per heavy atom. The molecule has 3 atom stereocenters. The number of nitrogens with zero attached hydrogens (tertiary/aromatic N) is 1. The van der Waals surface area contributed by atoms with Gasteiger partial charge in [0, 0.05) is 12.6 Å². The van der Waals surface area contributed by atoms with Gasteiger partial charge in [-0.15, -0.1) is 0 Å². The number of hydrogen-bond donors (Lipinski definition) is 3. The molecule has 2 aromatic rings. The third-order valence-corrected chi connectivity index (χ3v) is 6.60. The number of aryl methyl sites for hydroxylation is 1. The van der Waals surface area contributed by atoms with Gasteiger partial charge in [-0.25, -0.2) is 4.79 Å². The molecule has 0 bridgehead atoms. The Morgan fingerprint density at radius 2 is 1.54 bits per heavy atom. The summed E-state index contributed by atoms with van der Waals surface area (Å²) in [6.45, 7) is 13.3. The van der Waals surface area contributed by atoms with E-state index >= 15 is 0 Å². The molecule has 9 heteroatoms. The molecule has 0 aliphatic heterocycles. The van der Waals surface area contributed by atoms with Crippen molar-refractivity contribution in [2.45, 2.75) is 98.0 Å². The molecule has 0 heterocycles. The highest BCUT2D eigenvalue weighted by molar-refractivity contribution is 5.94. The fraction of sp³-hybridized carbons (Fsp3) is 0.500. The minimum absolute atomic E-state index is 0.269. The predicted molar refractivity (Wildman–Crippen MR) is 160 cm³/mol. The fourth-order valence-electron chi connectivity index (χ4n) is 4.54. The molecular weight excluding hydrogens is 520 g/mol. The third kappa shape index (κ3) is 10.9. The highest BCUT2D eigenvalue weighted by Crippen LogP contribution is 2.30. The maximum absolute atomic E-state index is 14.3. The molecule has 0 aliphatic carbocycles. The van der Waals surface area contributed by atoms with Gasteiger partial charge in [0.2, 0.25) is 17.7 Å². The van der Waals surface area contributed by atoms with Crippen LogP contribution >= 0.6 is 0 Å². The number of alkyl carbamates (subject to hydrolysis) is 1. The van der Waals surface area contributed by atoms with Gasteiger partial charge < -0.3 is 26.0 Å². The van der Waals surface area contributed by atoms with Gasteiger partial charge in [-0.05, 0) is 70.1 Å². The maximum atomic E-state index is 14.3. The number of nitrogens with two attached hydrogens (primary N) is 1. The van der Waals surface area contributed by atoms with E-state index in [1.165, 1.54) is 4.90 Å². The van der Waals surface area contributed by atoms with Crippen LogP contribution in [-0.2, 0) is 25.7 Å². The molecule has 4 amide bonds. The van der Waals surface area contributed by atoms with Gasteiger partial charge in [0.1, 0.15) is 17.7 Å². The Bertz CT molecular complexity index is 1180. The lowest BCUT2D eigenvalue weighted by molar-refractivity contribution is -0.146. The van der Waals surface area contributed by atoms with Crippen LogP contribution in [0.25, 0.3) is 0 Å². The second-order valence-electron chi connectivity index (χ2n) is 11.9. The second-order valence-corrected chi connectivity index (χ2v) is 11.9. The lowest BCUT2D eigenvalue weighted by Crippen LogP contribution is -2.56. The van der Waals surface area contributed by atoms with Gasteiger partial charge in [0.15, 0.2) is 0 Å². The van der Waals surface area contributed by atoms with Crippen molar-refractivity contribution in [1.82, 2.24) is 15.5 Å². The number of primary amides is 1. The molecule has 0 saturated carbocycles. The molecule has 0 radical (unpaired) electrons. The van der Waals surface area contributed by atoms with Crippen LogP contribution < -0.4 is 16.4 Å². The first kappa shape index (κ1) is 33.3. The number of carbonyl (C=O) groups excluding carboxylic acids is 4. The van der Waals surface area contributed by atoms with E-state index < -0.39 is 48.1 Å². The monoisotopic (exact) mass is 566 g/mol. The minimum Gasteiger partial charge on any atom is -0.444 e. The van der Waals surface area contributed by atoms with Crippen LogP contribution in [-0.4, -0.2) is 46.4 Å². The number of carbonyl (C=O) groups is 4. The van der Waals surface area contributed by atoms with E-state index in [2.05, 4.69) is 24.5 Å². The topological polar surface area (TPSA) is 131 Å². The third-order valence-electron chi connectivity index (χ3n) is 6.60. The zero-order valence-corrected chi connectivity index (χ0v) is 25.4. The molecular formula is C32H46N4O5. The van der Waals surface area contributed by atoms with Crippen LogP contribution in [0.15, 0.2) is 54.6 Å². The van der Waals surface area contributed by atoms with E-state index in [-0.39, 0.29) is 12.5 Å². The van der Waals surface area contributed by atoms with Crippen LogP contribution in [0.3, 0.4) is 0 Å². The van der Waals surface area contributed by atoms with Gasteiger partial charge in [0.25, 0.3) is 0 Å². The highest BCUT2D eigenvalue weighted by atomic mass is 16.6. The Labute approximate surface area is 244 Å². The first-order valence-corrected chi connectivity index (χ1v) is 14.2. The van der Waals surface area contributed by atoms with E-state index in [9.17, 15) is 19.2 Å². The lowest BCUT2D eigenvalue weighted by Gasteiger charge is -2.39. The van der Waals surface area contributed by atoms with Crippen LogP contribution in [0.1, 0.15) is 83.5 Å². The van der Waals surface area contributed by atoms with Crippen molar-refractivity contribution < 1.29 is 23.9 Å². The normalized spacial score (nSPS) is 13.6. The maximum Gasteiger partial charge on any atom is 0.408 e. The molecule has 0 saturated heterocycles. The standard InChI is InChI=1S/C32H46N4O5/c1-21(2)17-18-23(4)36(30(39)26(19-27(33)37)35-31(40)41-32(5,6)7)28(25-16-12-11-13-22(25)3)29(38)34-20-24-14-9-8-10-15-24/h8-16,21,23,26,28H,17-20H2,1-7H3,(H2,33,37)(H,34,38)(H,35,40). The molecule has 9 nitrogen and oxygen atoms in total. The zero-order chi connectivity index (χ0) is 30.7. The van der Waals surface area contributed by atoms with Crippen molar-refractivity contribution in [3.8, 4) is 0 Å². The molecule has 0 aromatic heterocycles. The second kappa shape index (κ2) is 15.2. The summed E-state index contributed by atoms with van der Waals surface area (Å²) < 4.78 is 5.37. The number of nitrogens with one attached hydrogen (secondary N) is 2. The molecule has 41 heavy (non-hydrogen) atoms. The first-order chi connectivity index (χ1) is 19.2. The molecule has 3 unspecified atom stereocenters. The summed E-state index contributed by atoms with van der Waals surface area (Å²) >= 11 is 0. The quantitative estimate of drug-likeness (QED) is 0.321. The van der Waals surface area contributed by atoms with Crippen LogP contribution in [0.4, 0.5) is 4.79 Å². The smallest absolute Gasteiger partial charge is 0.408 e. The number of rotatable bonds is 13. The van der Waals surface area contributed by atoms with Crippen molar-refractivity contribution in [3.05, 3.63) is 71.3 Å². The molecule has 2 rings (SSSR count). The average Bonchev–Trinajstić information content (AvgIpc) is 2.88. The van der Waals surface area contributed by atoms with Crippen molar-refractivity contribution in [2.75, 3.05) is 0 Å². The van der Waals surface area contributed by atoms with Crippen LogP contribution in [0.5, 0.6) is 0 Å². The highest BCUT2D eigenvalue weighted by Gasteiger charge is 2.39. The van der Waals surface area contributed by atoms with Crippen molar-refractivity contribution >= 4 is 23.8 Å². The number of hydrogen-bond acceptors (Lipinski definition) is 5. The summed E-state index contributed by atoms with van der Waals surface area (Å²) in [6.07, 6.45) is 0.107. The first-order valence-electron chi connectivity index (χ1n) is 14.2. The molecule has 4 N–H and O–H groups in total. The van der Waals surface area contributed by atoms with Crippen molar-refractivity contribution in [3.63, 3.8) is 0 Å². The van der Waals surface area contributed by atoms with E-state index in [1.54, 1.807) is 20.8 Å². The molecule has 2 aromatic carbocycles. The summed E-state index contributed by atoms with van der Waals surface area (Å²) in [5.41, 5.74) is 7.08. The van der Waals surface area contributed by atoms with E-state index in [0.29, 0.717) is 17.9 Å². The van der Waals surface area contributed by atoms with Gasteiger partial charge in [0.05, 0.1) is 6.42 Å². The Kier molecular flexibility index (Phi) is 12.4. The molecule has 0 fully saturated rings. The average molecular weight is 567 g/mol. The van der Waals surface area contributed by atoms with Crippen molar-refractivity contribution in [2.24, 2.45) is 11.7 Å². The molecule has 0 aliphatic rings. The zero-order valence-electron chi connectivity index (χ0n) is 25.4. The van der Waals surface area contributed by atoms with Gasteiger partial charge in [-0.2, -0.15) is 0 Å². The van der Waals surface area contributed by atoms with Crippen LogP contribution in [0, 0.1) is 12.8 Å². The Hall–Kier alpha value is -3.88. The summed E-state index contributed by atoms with van der Waals surface area (Å²) in [7, 11) is 0.